The van der Waals surface area contributed by atoms with Crippen LogP contribution in [-0.4, -0.2) is 28.2 Å². The highest BCUT2D eigenvalue weighted by atomic mass is 35.5. The van der Waals surface area contributed by atoms with Gasteiger partial charge < -0.3 is 9.47 Å². The van der Waals surface area contributed by atoms with E-state index >= 15 is 0 Å². The number of amides is 1. The van der Waals surface area contributed by atoms with Crippen molar-refractivity contribution in [1.29, 1.82) is 0 Å². The minimum atomic E-state index is -0.374. The van der Waals surface area contributed by atoms with Gasteiger partial charge in [-0.25, -0.2) is 4.98 Å². The third-order valence-corrected chi connectivity index (χ3v) is 5.86. The molecule has 4 aromatic rings. The number of methoxy groups -OCH3 is 1. The van der Waals surface area contributed by atoms with E-state index in [1.54, 1.807) is 25.3 Å². The SMILES string of the molecule is C#Cc1cc(Cc2ccccc2OC)c(C(=O)Nc2nnc(OCc3ccc(Cl)cc3)s2)cn1. The van der Waals surface area contributed by atoms with E-state index in [9.17, 15) is 4.79 Å². The van der Waals surface area contributed by atoms with Crippen molar-refractivity contribution < 1.29 is 14.3 Å². The van der Waals surface area contributed by atoms with Crippen LogP contribution >= 0.6 is 22.9 Å². The first-order chi connectivity index (χ1) is 16.6. The van der Waals surface area contributed by atoms with Crippen LogP contribution in [0.4, 0.5) is 5.13 Å². The van der Waals surface area contributed by atoms with Crippen LogP contribution in [0.15, 0.2) is 60.8 Å². The molecule has 1 amide bonds. The lowest BCUT2D eigenvalue weighted by atomic mass is 9.99. The zero-order valence-electron chi connectivity index (χ0n) is 18.1. The first-order valence-corrected chi connectivity index (χ1v) is 11.3. The van der Waals surface area contributed by atoms with Gasteiger partial charge in [-0.1, -0.05) is 53.0 Å². The summed E-state index contributed by atoms with van der Waals surface area (Å²) >= 11 is 7.02. The Morgan fingerprint density at radius 1 is 1.15 bits per heavy atom. The highest BCUT2D eigenvalue weighted by Gasteiger charge is 2.17. The van der Waals surface area contributed by atoms with Gasteiger partial charge in [0.15, 0.2) is 0 Å². The number of hydrogen-bond donors (Lipinski definition) is 1. The minimum absolute atomic E-state index is 0.306. The molecule has 0 spiro atoms. The largest absolute Gasteiger partial charge is 0.496 e. The van der Waals surface area contributed by atoms with Crippen LogP contribution < -0.4 is 14.8 Å². The molecule has 1 N–H and O–H groups in total. The number of aromatic nitrogens is 3. The third kappa shape index (κ3) is 5.70. The van der Waals surface area contributed by atoms with Gasteiger partial charge in [0.1, 0.15) is 18.1 Å². The van der Waals surface area contributed by atoms with Crippen molar-refractivity contribution in [3.63, 3.8) is 0 Å². The molecule has 9 heteroatoms. The summed E-state index contributed by atoms with van der Waals surface area (Å²) in [4.78, 5) is 17.2. The average Bonchev–Trinajstić information content (AvgIpc) is 3.31. The van der Waals surface area contributed by atoms with E-state index in [4.69, 9.17) is 27.5 Å². The molecule has 170 valence electrons. The zero-order chi connectivity index (χ0) is 23.9. The molecule has 2 heterocycles. The molecule has 0 saturated carbocycles. The zero-order valence-corrected chi connectivity index (χ0v) is 19.7. The molecule has 0 bridgehead atoms. The number of carbonyl (C=O) groups excluding carboxylic acids is 1. The van der Waals surface area contributed by atoms with Crippen LogP contribution in [0, 0.1) is 12.3 Å². The Kier molecular flexibility index (Phi) is 7.38. The molecule has 7 nitrogen and oxygen atoms in total. The lowest BCUT2D eigenvalue weighted by Crippen LogP contribution is -2.15. The molecule has 0 fully saturated rings. The number of terminal acetylenes is 1. The highest BCUT2D eigenvalue weighted by Crippen LogP contribution is 2.26. The van der Waals surface area contributed by atoms with Crippen molar-refractivity contribution in [2.45, 2.75) is 13.0 Å². The van der Waals surface area contributed by atoms with Crippen LogP contribution in [0.2, 0.25) is 5.02 Å². The summed E-state index contributed by atoms with van der Waals surface area (Å²) in [7, 11) is 1.61. The summed E-state index contributed by atoms with van der Waals surface area (Å²) in [5.74, 6) is 2.86. The Morgan fingerprint density at radius 3 is 2.71 bits per heavy atom. The molecule has 0 aliphatic heterocycles. The molecule has 4 rings (SSSR count). The first-order valence-electron chi connectivity index (χ1n) is 10.1. The number of carbonyl (C=O) groups is 1. The summed E-state index contributed by atoms with van der Waals surface area (Å²) in [6.07, 6.45) is 7.43. The molecule has 0 aliphatic carbocycles. The van der Waals surface area contributed by atoms with Crippen molar-refractivity contribution in [2.24, 2.45) is 0 Å². The van der Waals surface area contributed by atoms with Gasteiger partial charge in [-0.05, 0) is 52.3 Å². The molecular weight excluding hydrogens is 472 g/mol. The van der Waals surface area contributed by atoms with E-state index in [1.165, 1.54) is 6.20 Å². The Morgan fingerprint density at radius 2 is 1.94 bits per heavy atom. The average molecular weight is 491 g/mol. The topological polar surface area (TPSA) is 86.2 Å². The number of halogens is 1. The first kappa shape index (κ1) is 23.2. The number of para-hydroxylation sites is 1. The van der Waals surface area contributed by atoms with Gasteiger partial charge in [0.25, 0.3) is 11.1 Å². The quantitative estimate of drug-likeness (QED) is 0.350. The Balaban J connectivity index is 1.48. The summed E-state index contributed by atoms with van der Waals surface area (Å²) < 4.78 is 11.1. The number of nitrogens with zero attached hydrogens (tertiary/aromatic N) is 3. The van der Waals surface area contributed by atoms with Gasteiger partial charge in [0, 0.05) is 17.6 Å². The molecule has 34 heavy (non-hydrogen) atoms. The number of benzene rings is 2. The van der Waals surface area contributed by atoms with Crippen molar-refractivity contribution in [3.8, 4) is 23.3 Å². The van der Waals surface area contributed by atoms with Crippen molar-refractivity contribution in [1.82, 2.24) is 15.2 Å². The summed E-state index contributed by atoms with van der Waals surface area (Å²) in [6.45, 7) is 0.306. The van der Waals surface area contributed by atoms with Crippen molar-refractivity contribution in [2.75, 3.05) is 12.4 Å². The maximum absolute atomic E-state index is 13.1. The van der Waals surface area contributed by atoms with Crippen LogP contribution in [0.1, 0.15) is 32.7 Å². The fourth-order valence-corrected chi connectivity index (χ4v) is 3.91. The highest BCUT2D eigenvalue weighted by molar-refractivity contribution is 7.17. The molecule has 2 aromatic heterocycles. The van der Waals surface area contributed by atoms with Crippen LogP contribution in [0.5, 0.6) is 10.9 Å². The van der Waals surface area contributed by atoms with E-state index in [-0.39, 0.29) is 5.91 Å². The molecular formula is C25H19ClN4O3S. The molecule has 0 unspecified atom stereocenters. The number of rotatable bonds is 8. The van der Waals surface area contributed by atoms with Crippen molar-refractivity contribution >= 4 is 34.0 Å². The Hall–Kier alpha value is -3.93. The van der Waals surface area contributed by atoms with Gasteiger partial charge in [-0.15, -0.1) is 11.5 Å². The summed E-state index contributed by atoms with van der Waals surface area (Å²) in [5, 5.41) is 12.0. The van der Waals surface area contributed by atoms with Crippen LogP contribution in [-0.2, 0) is 13.0 Å². The number of hydrogen-bond acceptors (Lipinski definition) is 7. The van der Waals surface area contributed by atoms with E-state index in [1.807, 2.05) is 36.4 Å². The number of ether oxygens (including phenoxy) is 2. The minimum Gasteiger partial charge on any atom is -0.496 e. The third-order valence-electron chi connectivity index (χ3n) is 4.86. The van der Waals surface area contributed by atoms with Crippen molar-refractivity contribution in [3.05, 3.63) is 93.8 Å². The number of pyridine rings is 1. The molecule has 0 aliphatic rings. The second-order valence-electron chi connectivity index (χ2n) is 7.10. The fraction of sp³-hybridized carbons (Fsp3) is 0.120. The predicted octanol–water partition coefficient (Wildman–Crippen LogP) is 5.00. The summed E-state index contributed by atoms with van der Waals surface area (Å²) in [6, 6.07) is 16.6. The standard InChI is InChI=1S/C25H19ClN4O3S/c1-3-20-13-18(12-17-6-4-5-7-22(17)32-2)21(14-27-20)23(31)28-24-29-30-25(34-24)33-15-16-8-10-19(26)11-9-16/h1,4-11,13-14H,12,15H2,2H3,(H,28,29,31). The smallest absolute Gasteiger partial charge is 0.296 e. The molecule has 2 aromatic carbocycles. The van der Waals surface area contributed by atoms with E-state index in [0.29, 0.717) is 45.2 Å². The normalized spacial score (nSPS) is 10.4. The molecule has 0 radical (unpaired) electrons. The maximum atomic E-state index is 13.1. The monoisotopic (exact) mass is 490 g/mol. The second kappa shape index (κ2) is 10.8. The Bertz CT molecular complexity index is 1350. The van der Waals surface area contributed by atoms with Gasteiger partial charge in [-0.3, -0.25) is 10.1 Å². The molecule has 0 atom stereocenters. The Labute approximate surface area is 205 Å². The van der Waals surface area contributed by atoms with E-state index in [2.05, 4.69) is 26.4 Å². The number of anilines is 1. The number of nitrogens with one attached hydrogen (secondary N) is 1. The van der Waals surface area contributed by atoms with Gasteiger partial charge in [0.05, 0.1) is 12.7 Å². The maximum Gasteiger partial charge on any atom is 0.296 e. The van der Waals surface area contributed by atoms with Gasteiger partial charge in [0.2, 0.25) is 5.13 Å². The fourth-order valence-electron chi connectivity index (χ4n) is 3.19. The summed E-state index contributed by atoms with van der Waals surface area (Å²) in [5.41, 5.74) is 3.39. The van der Waals surface area contributed by atoms with Crippen LogP contribution in [0.25, 0.3) is 0 Å². The van der Waals surface area contributed by atoms with E-state index in [0.717, 1.165) is 28.2 Å². The van der Waals surface area contributed by atoms with Crippen LogP contribution in [0.3, 0.4) is 0 Å². The van der Waals surface area contributed by atoms with E-state index < -0.39 is 0 Å². The lowest BCUT2D eigenvalue weighted by Gasteiger charge is -2.12. The second-order valence-corrected chi connectivity index (χ2v) is 8.48. The van der Waals surface area contributed by atoms with Gasteiger partial charge in [-0.2, -0.15) is 0 Å². The molecule has 0 saturated heterocycles. The van der Waals surface area contributed by atoms with Gasteiger partial charge >= 0.3 is 0 Å². The lowest BCUT2D eigenvalue weighted by molar-refractivity contribution is 0.102. The predicted molar refractivity (Wildman–Crippen MR) is 132 cm³/mol.